The Morgan fingerprint density at radius 3 is 2.53 bits per heavy atom. The second-order valence-corrected chi connectivity index (χ2v) is 7.41. The molecule has 2 rings (SSSR count). The van der Waals surface area contributed by atoms with Crippen molar-refractivity contribution in [1.82, 2.24) is 4.72 Å². The van der Waals surface area contributed by atoms with Gasteiger partial charge >= 0.3 is 0 Å². The summed E-state index contributed by atoms with van der Waals surface area (Å²) in [6.45, 7) is 0.282. The van der Waals surface area contributed by atoms with Crippen molar-refractivity contribution >= 4 is 37.3 Å². The maximum atomic E-state index is 12.1. The third-order valence-electron chi connectivity index (χ3n) is 2.43. The molecular formula is C12H12BrNO3S2. The SMILES string of the molecule is COc1ccc(S(=O)(=O)NCc2cc(Br)cs2)cc1. The van der Waals surface area contributed by atoms with E-state index in [4.69, 9.17) is 4.74 Å². The van der Waals surface area contributed by atoms with Gasteiger partial charge in [0.25, 0.3) is 0 Å². The highest BCUT2D eigenvalue weighted by Crippen LogP contribution is 2.20. The van der Waals surface area contributed by atoms with Crippen LogP contribution in [0.1, 0.15) is 4.88 Å². The average Bonchev–Trinajstić information content (AvgIpc) is 2.82. The summed E-state index contributed by atoms with van der Waals surface area (Å²) in [6.07, 6.45) is 0. The fourth-order valence-electron chi connectivity index (χ4n) is 1.45. The molecule has 1 N–H and O–H groups in total. The molecule has 0 saturated carbocycles. The number of ether oxygens (including phenoxy) is 1. The van der Waals surface area contributed by atoms with Crippen molar-refractivity contribution in [3.8, 4) is 5.75 Å². The molecule has 7 heteroatoms. The third kappa shape index (κ3) is 3.79. The molecule has 0 atom stereocenters. The quantitative estimate of drug-likeness (QED) is 0.890. The summed E-state index contributed by atoms with van der Waals surface area (Å²) in [5.74, 6) is 0.626. The van der Waals surface area contributed by atoms with Crippen LogP contribution < -0.4 is 9.46 Å². The van der Waals surface area contributed by atoms with E-state index in [0.717, 1.165) is 9.35 Å². The van der Waals surface area contributed by atoms with Crippen molar-refractivity contribution in [3.05, 3.63) is 45.1 Å². The highest BCUT2D eigenvalue weighted by atomic mass is 79.9. The molecule has 0 fully saturated rings. The molecule has 19 heavy (non-hydrogen) atoms. The number of hydrogen-bond donors (Lipinski definition) is 1. The van der Waals surface area contributed by atoms with E-state index in [2.05, 4.69) is 20.7 Å². The van der Waals surface area contributed by atoms with Gasteiger partial charge in [-0.25, -0.2) is 13.1 Å². The van der Waals surface area contributed by atoms with Gasteiger partial charge in [-0.3, -0.25) is 0 Å². The Hall–Kier alpha value is -0.890. The molecule has 4 nitrogen and oxygen atoms in total. The summed E-state index contributed by atoms with van der Waals surface area (Å²) < 4.78 is 32.6. The number of thiophene rings is 1. The normalized spacial score (nSPS) is 11.5. The molecule has 0 bridgehead atoms. The van der Waals surface area contributed by atoms with E-state index in [-0.39, 0.29) is 11.4 Å². The van der Waals surface area contributed by atoms with Gasteiger partial charge in [-0.05, 0) is 46.3 Å². The first-order chi connectivity index (χ1) is 9.01. The van der Waals surface area contributed by atoms with Gasteiger partial charge in [0.1, 0.15) is 5.75 Å². The zero-order valence-corrected chi connectivity index (χ0v) is 13.3. The molecule has 0 aliphatic rings. The van der Waals surface area contributed by atoms with Crippen molar-refractivity contribution in [1.29, 1.82) is 0 Å². The lowest BCUT2D eigenvalue weighted by Gasteiger charge is -2.06. The van der Waals surface area contributed by atoms with Crippen LogP contribution in [0, 0.1) is 0 Å². The second kappa shape index (κ2) is 6.04. The van der Waals surface area contributed by atoms with Crippen molar-refractivity contribution in [2.75, 3.05) is 7.11 Å². The zero-order chi connectivity index (χ0) is 13.9. The van der Waals surface area contributed by atoms with E-state index >= 15 is 0 Å². The van der Waals surface area contributed by atoms with Gasteiger partial charge in [0.15, 0.2) is 0 Å². The van der Waals surface area contributed by atoms with Crippen LogP contribution in [0.5, 0.6) is 5.75 Å². The van der Waals surface area contributed by atoms with Gasteiger partial charge in [0, 0.05) is 21.3 Å². The molecule has 0 radical (unpaired) electrons. The molecule has 1 aromatic heterocycles. The Morgan fingerprint density at radius 1 is 1.32 bits per heavy atom. The van der Waals surface area contributed by atoms with Crippen molar-refractivity contribution in [3.63, 3.8) is 0 Å². The first kappa shape index (κ1) is 14.5. The largest absolute Gasteiger partial charge is 0.497 e. The number of rotatable bonds is 5. The monoisotopic (exact) mass is 361 g/mol. The first-order valence-corrected chi connectivity index (χ1v) is 8.53. The van der Waals surface area contributed by atoms with E-state index in [1.807, 2.05) is 11.4 Å². The molecule has 1 aromatic carbocycles. The Kier molecular flexibility index (Phi) is 4.62. The van der Waals surface area contributed by atoms with Crippen LogP contribution in [0.2, 0.25) is 0 Å². The average molecular weight is 362 g/mol. The fraction of sp³-hybridized carbons (Fsp3) is 0.167. The van der Waals surface area contributed by atoms with Crippen LogP contribution in [0.15, 0.2) is 45.1 Å². The summed E-state index contributed by atoms with van der Waals surface area (Å²) in [7, 11) is -1.95. The zero-order valence-electron chi connectivity index (χ0n) is 10.1. The summed E-state index contributed by atoms with van der Waals surface area (Å²) >= 11 is 4.83. The lowest BCUT2D eigenvalue weighted by atomic mass is 10.3. The molecular weight excluding hydrogens is 350 g/mol. The highest BCUT2D eigenvalue weighted by molar-refractivity contribution is 9.10. The van der Waals surface area contributed by atoms with Gasteiger partial charge < -0.3 is 4.74 Å². The van der Waals surface area contributed by atoms with Crippen LogP contribution in [0.3, 0.4) is 0 Å². The number of nitrogens with one attached hydrogen (secondary N) is 1. The number of sulfonamides is 1. The van der Waals surface area contributed by atoms with Crippen LogP contribution >= 0.6 is 27.3 Å². The standard InChI is InChI=1S/C12H12BrNO3S2/c1-17-10-2-4-12(5-3-10)19(15,16)14-7-11-6-9(13)8-18-11/h2-6,8,14H,7H2,1H3. The maximum absolute atomic E-state index is 12.1. The molecule has 0 aliphatic carbocycles. The molecule has 2 aromatic rings. The third-order valence-corrected chi connectivity index (χ3v) is 5.54. The molecule has 1 heterocycles. The molecule has 0 aliphatic heterocycles. The molecule has 0 amide bonds. The minimum atomic E-state index is -3.49. The van der Waals surface area contributed by atoms with Gasteiger partial charge in [-0.2, -0.15) is 0 Å². The van der Waals surface area contributed by atoms with E-state index < -0.39 is 10.0 Å². The Labute approximate surface area is 124 Å². The molecule has 0 unspecified atom stereocenters. The predicted molar refractivity (Wildman–Crippen MR) is 79.0 cm³/mol. The minimum absolute atomic E-state index is 0.226. The number of hydrogen-bond acceptors (Lipinski definition) is 4. The van der Waals surface area contributed by atoms with Crippen LogP contribution in [0.25, 0.3) is 0 Å². The fourth-order valence-corrected chi connectivity index (χ4v) is 3.94. The van der Waals surface area contributed by atoms with E-state index in [1.54, 1.807) is 12.1 Å². The molecule has 0 saturated heterocycles. The van der Waals surface area contributed by atoms with Crippen LogP contribution in [0.4, 0.5) is 0 Å². The van der Waals surface area contributed by atoms with Crippen LogP contribution in [-0.4, -0.2) is 15.5 Å². The number of methoxy groups -OCH3 is 1. The van der Waals surface area contributed by atoms with Gasteiger partial charge in [0.2, 0.25) is 10.0 Å². The lowest BCUT2D eigenvalue weighted by Crippen LogP contribution is -2.22. The maximum Gasteiger partial charge on any atom is 0.240 e. The first-order valence-electron chi connectivity index (χ1n) is 5.38. The Morgan fingerprint density at radius 2 is 2.00 bits per heavy atom. The van der Waals surface area contributed by atoms with E-state index in [1.165, 1.54) is 30.6 Å². The summed E-state index contributed by atoms with van der Waals surface area (Å²) in [5.41, 5.74) is 0. The molecule has 102 valence electrons. The topological polar surface area (TPSA) is 55.4 Å². The van der Waals surface area contributed by atoms with E-state index in [9.17, 15) is 8.42 Å². The minimum Gasteiger partial charge on any atom is -0.497 e. The molecule has 0 spiro atoms. The van der Waals surface area contributed by atoms with Gasteiger partial charge in [-0.1, -0.05) is 0 Å². The number of benzene rings is 1. The van der Waals surface area contributed by atoms with Crippen molar-refractivity contribution in [2.45, 2.75) is 11.4 Å². The smallest absolute Gasteiger partial charge is 0.240 e. The van der Waals surface area contributed by atoms with Crippen molar-refractivity contribution < 1.29 is 13.2 Å². The summed E-state index contributed by atoms with van der Waals surface area (Å²) in [6, 6.07) is 8.17. The Balaban J connectivity index is 2.09. The summed E-state index contributed by atoms with van der Waals surface area (Å²) in [5, 5.41) is 1.91. The summed E-state index contributed by atoms with van der Waals surface area (Å²) in [4.78, 5) is 1.17. The predicted octanol–water partition coefficient (Wildman–Crippen LogP) is 3.00. The van der Waals surface area contributed by atoms with Crippen molar-refractivity contribution in [2.24, 2.45) is 0 Å². The second-order valence-electron chi connectivity index (χ2n) is 3.73. The van der Waals surface area contributed by atoms with Gasteiger partial charge in [-0.15, -0.1) is 11.3 Å². The highest BCUT2D eigenvalue weighted by Gasteiger charge is 2.14. The lowest BCUT2D eigenvalue weighted by molar-refractivity contribution is 0.414. The number of halogens is 1. The van der Waals surface area contributed by atoms with E-state index in [0.29, 0.717) is 5.75 Å². The van der Waals surface area contributed by atoms with Gasteiger partial charge in [0.05, 0.1) is 12.0 Å². The van der Waals surface area contributed by atoms with Crippen LogP contribution in [-0.2, 0) is 16.6 Å². The Bertz CT molecular complexity index is 650.